The van der Waals surface area contributed by atoms with Gasteiger partial charge in [-0.1, -0.05) is 27.2 Å². The van der Waals surface area contributed by atoms with Gasteiger partial charge in [0.1, 0.15) is 0 Å². The minimum atomic E-state index is -3.37. The van der Waals surface area contributed by atoms with Gasteiger partial charge < -0.3 is 5.73 Å². The van der Waals surface area contributed by atoms with Crippen LogP contribution >= 0.6 is 0 Å². The zero-order valence-corrected chi connectivity index (χ0v) is 12.8. The Balaban J connectivity index is 2.84. The number of hydrogen-bond donors (Lipinski definition) is 1. The molecule has 0 amide bonds. The minimum Gasteiger partial charge on any atom is -0.329 e. The van der Waals surface area contributed by atoms with Gasteiger partial charge in [0.2, 0.25) is 0 Å². The van der Waals surface area contributed by atoms with Crippen molar-refractivity contribution in [2.24, 2.45) is 11.1 Å². The van der Waals surface area contributed by atoms with Crippen LogP contribution < -0.4 is 5.73 Å². The normalized spacial score (nSPS) is 23.6. The van der Waals surface area contributed by atoms with Crippen LogP contribution in [-0.2, 0) is 10.2 Å². The van der Waals surface area contributed by atoms with Gasteiger partial charge >= 0.3 is 0 Å². The summed E-state index contributed by atoms with van der Waals surface area (Å²) in [6.45, 7) is 7.63. The average Bonchev–Trinajstić information content (AvgIpc) is 2.26. The summed E-state index contributed by atoms with van der Waals surface area (Å²) in [5.74, 6) is 0. The van der Waals surface area contributed by atoms with Crippen molar-refractivity contribution in [3.8, 4) is 0 Å². The van der Waals surface area contributed by atoms with Crippen LogP contribution in [0.1, 0.15) is 40.0 Å². The van der Waals surface area contributed by atoms with Crippen molar-refractivity contribution in [3.05, 3.63) is 0 Å². The summed E-state index contributed by atoms with van der Waals surface area (Å²) >= 11 is 0. The van der Waals surface area contributed by atoms with Crippen molar-refractivity contribution in [3.63, 3.8) is 0 Å². The highest BCUT2D eigenvalue weighted by Gasteiger charge is 2.35. The second-order valence-corrected chi connectivity index (χ2v) is 8.31. The molecule has 1 atom stereocenters. The standard InChI is InChI=1S/C12H27N3O2S/c1-12(2,3)10-14(4)18(16,17)15-8-6-5-7-11(15)9-13/h11H,5-10,13H2,1-4H3. The topological polar surface area (TPSA) is 66.6 Å². The molecule has 1 rings (SSSR count). The van der Waals surface area contributed by atoms with Crippen LogP contribution in [0.15, 0.2) is 0 Å². The van der Waals surface area contributed by atoms with E-state index in [1.807, 2.05) is 20.8 Å². The second kappa shape index (κ2) is 5.86. The lowest BCUT2D eigenvalue weighted by molar-refractivity contribution is 0.227. The fourth-order valence-electron chi connectivity index (χ4n) is 2.44. The Morgan fingerprint density at radius 1 is 1.33 bits per heavy atom. The van der Waals surface area contributed by atoms with Crippen LogP contribution in [-0.4, -0.2) is 49.8 Å². The highest BCUT2D eigenvalue weighted by molar-refractivity contribution is 7.86. The first-order valence-corrected chi connectivity index (χ1v) is 8.01. The lowest BCUT2D eigenvalue weighted by Crippen LogP contribution is -2.53. The number of nitrogens with two attached hydrogens (primary N) is 1. The van der Waals surface area contributed by atoms with Crippen molar-refractivity contribution in [2.75, 3.05) is 26.7 Å². The maximum absolute atomic E-state index is 12.5. The Bertz CT molecular complexity index is 362. The summed E-state index contributed by atoms with van der Waals surface area (Å²) in [4.78, 5) is 0. The molecule has 0 saturated carbocycles. The summed E-state index contributed by atoms with van der Waals surface area (Å²) in [5, 5.41) is 0. The van der Waals surface area contributed by atoms with Gasteiger partial charge in [0.25, 0.3) is 10.2 Å². The van der Waals surface area contributed by atoms with Gasteiger partial charge in [0.05, 0.1) is 0 Å². The van der Waals surface area contributed by atoms with Crippen LogP contribution in [0.2, 0.25) is 0 Å². The molecule has 0 aromatic carbocycles. The SMILES string of the molecule is CN(CC(C)(C)C)S(=O)(=O)N1CCCCC1CN. The summed E-state index contributed by atoms with van der Waals surface area (Å²) in [6.07, 6.45) is 2.87. The molecule has 0 aromatic rings. The summed E-state index contributed by atoms with van der Waals surface area (Å²) < 4.78 is 28.1. The molecule has 1 heterocycles. The van der Waals surface area contributed by atoms with E-state index in [4.69, 9.17) is 5.73 Å². The number of piperidine rings is 1. The molecular weight excluding hydrogens is 250 g/mol. The maximum Gasteiger partial charge on any atom is 0.282 e. The van der Waals surface area contributed by atoms with Crippen LogP contribution in [0.3, 0.4) is 0 Å². The molecule has 1 aliphatic heterocycles. The summed E-state index contributed by atoms with van der Waals surface area (Å²) in [7, 11) is -1.71. The second-order valence-electron chi connectivity index (χ2n) is 6.32. The van der Waals surface area contributed by atoms with Gasteiger partial charge in [-0.15, -0.1) is 0 Å². The third kappa shape index (κ3) is 3.91. The van der Waals surface area contributed by atoms with E-state index in [2.05, 4.69) is 0 Å². The monoisotopic (exact) mass is 277 g/mol. The van der Waals surface area contributed by atoms with Crippen molar-refractivity contribution in [1.82, 2.24) is 8.61 Å². The number of rotatable bonds is 4. The molecule has 0 bridgehead atoms. The number of hydrogen-bond acceptors (Lipinski definition) is 3. The van der Waals surface area contributed by atoms with E-state index >= 15 is 0 Å². The molecule has 0 radical (unpaired) electrons. The van der Waals surface area contributed by atoms with E-state index in [0.29, 0.717) is 19.6 Å². The molecule has 18 heavy (non-hydrogen) atoms. The Hall–Kier alpha value is -0.170. The van der Waals surface area contributed by atoms with Gasteiger partial charge in [-0.3, -0.25) is 0 Å². The molecule has 6 heteroatoms. The van der Waals surface area contributed by atoms with E-state index < -0.39 is 10.2 Å². The fraction of sp³-hybridized carbons (Fsp3) is 1.00. The molecular formula is C12H27N3O2S. The molecule has 1 unspecified atom stereocenters. The summed E-state index contributed by atoms with van der Waals surface area (Å²) in [5.41, 5.74) is 5.65. The van der Waals surface area contributed by atoms with Crippen LogP contribution in [0.4, 0.5) is 0 Å². The van der Waals surface area contributed by atoms with Crippen LogP contribution in [0, 0.1) is 5.41 Å². The molecule has 1 aliphatic rings. The lowest BCUT2D eigenvalue weighted by Gasteiger charge is -2.37. The molecule has 2 N–H and O–H groups in total. The molecule has 1 fully saturated rings. The summed E-state index contributed by atoms with van der Waals surface area (Å²) in [6, 6.07) is -0.0360. The fourth-order valence-corrected chi connectivity index (χ4v) is 4.28. The molecule has 0 spiro atoms. The van der Waals surface area contributed by atoms with Gasteiger partial charge in [-0.25, -0.2) is 0 Å². The quantitative estimate of drug-likeness (QED) is 0.834. The number of nitrogens with zero attached hydrogens (tertiary/aromatic N) is 2. The van der Waals surface area contributed by atoms with Gasteiger partial charge in [-0.2, -0.15) is 17.0 Å². The predicted molar refractivity (Wildman–Crippen MR) is 74.4 cm³/mol. The highest BCUT2D eigenvalue weighted by Crippen LogP contribution is 2.24. The van der Waals surface area contributed by atoms with E-state index in [9.17, 15) is 8.42 Å². The van der Waals surface area contributed by atoms with Crippen molar-refractivity contribution in [1.29, 1.82) is 0 Å². The van der Waals surface area contributed by atoms with E-state index in [-0.39, 0.29) is 11.5 Å². The molecule has 1 saturated heterocycles. The third-order valence-corrected chi connectivity index (χ3v) is 5.22. The first kappa shape index (κ1) is 15.9. The first-order valence-electron chi connectivity index (χ1n) is 6.61. The maximum atomic E-state index is 12.5. The molecule has 108 valence electrons. The zero-order chi connectivity index (χ0) is 14.0. The Morgan fingerprint density at radius 2 is 1.94 bits per heavy atom. The largest absolute Gasteiger partial charge is 0.329 e. The first-order chi connectivity index (χ1) is 8.18. The average molecular weight is 277 g/mol. The lowest BCUT2D eigenvalue weighted by atomic mass is 9.97. The Morgan fingerprint density at radius 3 is 2.44 bits per heavy atom. The van der Waals surface area contributed by atoms with E-state index in [1.165, 1.54) is 4.31 Å². The Labute approximate surface area is 112 Å². The van der Waals surface area contributed by atoms with Crippen LogP contribution in [0.25, 0.3) is 0 Å². The predicted octanol–water partition coefficient (Wildman–Crippen LogP) is 1.02. The van der Waals surface area contributed by atoms with Crippen molar-refractivity contribution >= 4 is 10.2 Å². The molecule has 0 aliphatic carbocycles. The van der Waals surface area contributed by atoms with Gasteiger partial charge in [0.15, 0.2) is 0 Å². The van der Waals surface area contributed by atoms with Gasteiger partial charge in [-0.05, 0) is 18.3 Å². The highest BCUT2D eigenvalue weighted by atomic mass is 32.2. The third-order valence-electron chi connectivity index (χ3n) is 3.23. The Kier molecular flexibility index (Phi) is 5.17. The van der Waals surface area contributed by atoms with Crippen molar-refractivity contribution < 1.29 is 8.42 Å². The van der Waals surface area contributed by atoms with Crippen LogP contribution in [0.5, 0.6) is 0 Å². The minimum absolute atomic E-state index is 0.0360. The zero-order valence-electron chi connectivity index (χ0n) is 12.0. The molecule has 0 aromatic heterocycles. The smallest absolute Gasteiger partial charge is 0.282 e. The molecule has 5 nitrogen and oxygen atoms in total. The van der Waals surface area contributed by atoms with Gasteiger partial charge in [0, 0.05) is 32.7 Å². The van der Waals surface area contributed by atoms with E-state index in [1.54, 1.807) is 11.4 Å². The van der Waals surface area contributed by atoms with E-state index in [0.717, 1.165) is 19.3 Å². The van der Waals surface area contributed by atoms with Crippen molar-refractivity contribution in [2.45, 2.75) is 46.1 Å².